The van der Waals surface area contributed by atoms with Gasteiger partial charge in [-0.05, 0) is 41.3 Å². The maximum atomic E-state index is 14.8. The molecule has 0 spiro atoms. The van der Waals surface area contributed by atoms with E-state index >= 15 is 0 Å². The summed E-state index contributed by atoms with van der Waals surface area (Å²) in [5.74, 6) is -5.57. The van der Waals surface area contributed by atoms with Crippen molar-refractivity contribution in [2.24, 2.45) is 0 Å². The molecule has 0 radical (unpaired) electrons. The number of hydrogen-bond acceptors (Lipinski definition) is 5. The molecule has 8 nitrogen and oxygen atoms in total. The van der Waals surface area contributed by atoms with Gasteiger partial charge in [0.2, 0.25) is 0 Å². The molecule has 1 atom stereocenters. The summed E-state index contributed by atoms with van der Waals surface area (Å²) >= 11 is 0. The molecule has 35 heavy (non-hydrogen) atoms. The fraction of sp³-hybridized carbons (Fsp3) is 0.160. The van der Waals surface area contributed by atoms with Crippen molar-refractivity contribution in [1.82, 2.24) is 5.48 Å². The van der Waals surface area contributed by atoms with E-state index in [9.17, 15) is 23.2 Å². The first kappa shape index (κ1) is 23.8. The Morgan fingerprint density at radius 3 is 2.17 bits per heavy atom. The Balaban J connectivity index is 1.45. The monoisotopic (exact) mass is 482 g/mol. The first-order chi connectivity index (χ1) is 16.8. The molecule has 2 amide bonds. The molecule has 10 heteroatoms. The molecule has 1 aliphatic carbocycles. The van der Waals surface area contributed by atoms with Crippen molar-refractivity contribution in [3.63, 3.8) is 0 Å². The van der Waals surface area contributed by atoms with E-state index in [0.717, 1.165) is 41.3 Å². The SMILES string of the molecule is CC(ONC(=O)c1c(F)ccc(NC(=O)OCC2c3ccccc3-c3ccccc32)c1F)C(=O)O. The minimum atomic E-state index is -1.45. The molecule has 0 aromatic heterocycles. The number of nitrogens with one attached hydrogen (secondary N) is 2. The van der Waals surface area contributed by atoms with Gasteiger partial charge in [0.05, 0.1) is 5.69 Å². The number of rotatable bonds is 7. The first-order valence-electron chi connectivity index (χ1n) is 10.6. The van der Waals surface area contributed by atoms with Crippen LogP contribution in [0.4, 0.5) is 19.3 Å². The molecule has 1 aliphatic rings. The summed E-state index contributed by atoms with van der Waals surface area (Å²) in [5.41, 5.74) is 4.18. The number of carbonyl (C=O) groups is 3. The van der Waals surface area contributed by atoms with E-state index in [4.69, 9.17) is 9.84 Å². The van der Waals surface area contributed by atoms with Crippen LogP contribution in [-0.4, -0.2) is 35.8 Å². The molecule has 0 fully saturated rings. The Labute approximate surface area is 198 Å². The summed E-state index contributed by atoms with van der Waals surface area (Å²) in [5, 5.41) is 10.9. The fourth-order valence-electron chi connectivity index (χ4n) is 3.84. The second-order valence-electron chi connectivity index (χ2n) is 7.76. The maximum absolute atomic E-state index is 14.8. The molecule has 0 saturated carbocycles. The summed E-state index contributed by atoms with van der Waals surface area (Å²) in [4.78, 5) is 39.9. The molecular formula is C25H20F2N2O6. The lowest BCUT2D eigenvalue weighted by Gasteiger charge is -2.15. The Bertz CT molecular complexity index is 1270. The first-order valence-corrected chi connectivity index (χ1v) is 10.6. The van der Waals surface area contributed by atoms with Crippen LogP contribution in [0.15, 0.2) is 60.7 Å². The lowest BCUT2D eigenvalue weighted by atomic mass is 9.98. The number of anilines is 1. The van der Waals surface area contributed by atoms with Gasteiger partial charge >= 0.3 is 12.1 Å². The Hall–Kier alpha value is -4.31. The van der Waals surface area contributed by atoms with E-state index in [0.29, 0.717) is 0 Å². The second-order valence-corrected chi connectivity index (χ2v) is 7.76. The van der Waals surface area contributed by atoms with Crippen molar-refractivity contribution in [2.75, 3.05) is 11.9 Å². The van der Waals surface area contributed by atoms with Gasteiger partial charge in [-0.2, -0.15) is 0 Å². The van der Waals surface area contributed by atoms with E-state index in [1.807, 2.05) is 48.5 Å². The van der Waals surface area contributed by atoms with E-state index in [1.54, 1.807) is 5.48 Å². The summed E-state index contributed by atoms with van der Waals surface area (Å²) in [6.07, 6.45) is -2.45. The zero-order chi connectivity index (χ0) is 25.1. The number of carboxylic acids is 1. The van der Waals surface area contributed by atoms with Crippen molar-refractivity contribution in [3.8, 4) is 11.1 Å². The summed E-state index contributed by atoms with van der Waals surface area (Å²) in [6, 6.07) is 17.2. The van der Waals surface area contributed by atoms with Crippen LogP contribution in [0.5, 0.6) is 0 Å². The van der Waals surface area contributed by atoms with Gasteiger partial charge in [-0.3, -0.25) is 14.9 Å². The third-order valence-electron chi connectivity index (χ3n) is 5.57. The number of benzene rings is 3. The van der Waals surface area contributed by atoms with Gasteiger partial charge in [-0.15, -0.1) is 0 Å². The molecule has 180 valence electrons. The molecule has 3 aromatic carbocycles. The number of hydroxylamine groups is 1. The van der Waals surface area contributed by atoms with Crippen molar-refractivity contribution >= 4 is 23.7 Å². The normalized spacial score (nSPS) is 12.9. The molecule has 4 rings (SSSR count). The quantitative estimate of drug-likeness (QED) is 0.429. The third kappa shape index (κ3) is 4.82. The van der Waals surface area contributed by atoms with Crippen LogP contribution in [0.3, 0.4) is 0 Å². The molecule has 0 bridgehead atoms. The van der Waals surface area contributed by atoms with E-state index in [-0.39, 0.29) is 12.5 Å². The molecule has 3 aromatic rings. The van der Waals surface area contributed by atoms with E-state index < -0.39 is 47.0 Å². The fourth-order valence-corrected chi connectivity index (χ4v) is 3.84. The number of carbonyl (C=O) groups excluding carboxylic acids is 2. The lowest BCUT2D eigenvalue weighted by molar-refractivity contribution is -0.152. The number of ether oxygens (including phenoxy) is 1. The Kier molecular flexibility index (Phi) is 6.74. The smallest absolute Gasteiger partial charge is 0.411 e. The topological polar surface area (TPSA) is 114 Å². The van der Waals surface area contributed by atoms with Crippen molar-refractivity contribution in [3.05, 3.63) is 89.0 Å². The summed E-state index contributed by atoms with van der Waals surface area (Å²) in [6.45, 7) is 1.08. The van der Waals surface area contributed by atoms with Gasteiger partial charge in [0.1, 0.15) is 18.0 Å². The molecular weight excluding hydrogens is 462 g/mol. The number of fused-ring (bicyclic) bond motifs is 3. The summed E-state index contributed by atoms with van der Waals surface area (Å²) in [7, 11) is 0. The van der Waals surface area contributed by atoms with Gasteiger partial charge in [0, 0.05) is 5.92 Å². The minimum Gasteiger partial charge on any atom is -0.479 e. The highest BCUT2D eigenvalue weighted by Crippen LogP contribution is 2.44. The zero-order valence-corrected chi connectivity index (χ0v) is 18.4. The average Bonchev–Trinajstić information content (AvgIpc) is 3.16. The van der Waals surface area contributed by atoms with Crippen LogP contribution in [0, 0.1) is 11.6 Å². The highest BCUT2D eigenvalue weighted by atomic mass is 19.1. The highest BCUT2D eigenvalue weighted by molar-refractivity contribution is 5.96. The van der Waals surface area contributed by atoms with Crippen LogP contribution in [0.1, 0.15) is 34.3 Å². The average molecular weight is 482 g/mol. The Morgan fingerprint density at radius 1 is 0.971 bits per heavy atom. The molecule has 0 aliphatic heterocycles. The molecule has 0 saturated heterocycles. The Morgan fingerprint density at radius 2 is 1.57 bits per heavy atom. The van der Waals surface area contributed by atoms with Gasteiger partial charge in [0.15, 0.2) is 11.9 Å². The van der Waals surface area contributed by atoms with Gasteiger partial charge in [-0.25, -0.2) is 23.9 Å². The van der Waals surface area contributed by atoms with E-state index in [1.165, 1.54) is 0 Å². The highest BCUT2D eigenvalue weighted by Gasteiger charge is 2.29. The number of hydrogen-bond donors (Lipinski definition) is 3. The second kappa shape index (κ2) is 9.90. The summed E-state index contributed by atoms with van der Waals surface area (Å²) < 4.78 is 34.3. The van der Waals surface area contributed by atoms with Crippen LogP contribution < -0.4 is 10.8 Å². The van der Waals surface area contributed by atoms with Crippen LogP contribution in [0.2, 0.25) is 0 Å². The van der Waals surface area contributed by atoms with Gasteiger partial charge in [-0.1, -0.05) is 48.5 Å². The number of halogens is 2. The van der Waals surface area contributed by atoms with Crippen LogP contribution in [0.25, 0.3) is 11.1 Å². The lowest BCUT2D eigenvalue weighted by Crippen LogP contribution is -2.33. The predicted molar refractivity (Wildman–Crippen MR) is 121 cm³/mol. The van der Waals surface area contributed by atoms with Crippen molar-refractivity contribution in [2.45, 2.75) is 18.9 Å². The van der Waals surface area contributed by atoms with Crippen LogP contribution >= 0.6 is 0 Å². The van der Waals surface area contributed by atoms with Crippen molar-refractivity contribution < 1.29 is 37.8 Å². The van der Waals surface area contributed by atoms with Crippen molar-refractivity contribution in [1.29, 1.82) is 0 Å². The zero-order valence-electron chi connectivity index (χ0n) is 18.4. The number of carboxylic acid groups (broad SMARTS) is 1. The molecule has 1 unspecified atom stereocenters. The van der Waals surface area contributed by atoms with Gasteiger partial charge in [0.25, 0.3) is 5.91 Å². The minimum absolute atomic E-state index is 0.0308. The predicted octanol–water partition coefficient (Wildman–Crippen LogP) is 4.46. The molecule has 0 heterocycles. The van der Waals surface area contributed by atoms with Gasteiger partial charge < -0.3 is 9.84 Å². The number of aliphatic carboxylic acids is 1. The van der Waals surface area contributed by atoms with Crippen LogP contribution in [-0.2, 0) is 14.4 Å². The third-order valence-corrected chi connectivity index (χ3v) is 5.57. The molecule has 3 N–H and O–H groups in total. The largest absolute Gasteiger partial charge is 0.479 e. The van der Waals surface area contributed by atoms with E-state index in [2.05, 4.69) is 10.2 Å². The number of amides is 2. The standard InChI is InChI=1S/C25H20F2N2O6/c1-13(24(31)32)35-29-23(30)21-19(26)10-11-20(22(21)27)28-25(33)34-12-18-16-8-4-2-6-14(16)15-7-3-5-9-17(15)18/h2-11,13,18H,12H2,1H3,(H,28,33)(H,29,30)(H,31,32). The maximum Gasteiger partial charge on any atom is 0.411 e.